The van der Waals surface area contributed by atoms with Crippen molar-refractivity contribution in [2.75, 3.05) is 30.3 Å². The van der Waals surface area contributed by atoms with Crippen LogP contribution in [-0.2, 0) is 14.3 Å². The monoisotopic (exact) mass is 565 g/mol. The van der Waals surface area contributed by atoms with Crippen LogP contribution in [0.15, 0.2) is 42.1 Å². The number of piperidine rings is 1. The van der Waals surface area contributed by atoms with Crippen LogP contribution in [0.1, 0.15) is 45.6 Å². The highest BCUT2D eigenvalue weighted by atomic mass is 35.5. The van der Waals surface area contributed by atoms with E-state index >= 15 is 0 Å². The van der Waals surface area contributed by atoms with Crippen LogP contribution in [0.4, 0.5) is 22.1 Å². The van der Waals surface area contributed by atoms with Gasteiger partial charge in [-0.25, -0.2) is 9.78 Å². The van der Waals surface area contributed by atoms with Gasteiger partial charge < -0.3 is 20.3 Å². The lowest BCUT2D eigenvalue weighted by Crippen LogP contribution is -2.42. The van der Waals surface area contributed by atoms with E-state index in [2.05, 4.69) is 21.0 Å². The Morgan fingerprint density at radius 2 is 2.00 bits per heavy atom. The van der Waals surface area contributed by atoms with Crippen molar-refractivity contribution in [1.82, 2.24) is 24.8 Å². The number of amides is 3. The Morgan fingerprint density at radius 1 is 1.23 bits per heavy atom. The first-order valence-corrected chi connectivity index (χ1v) is 13.6. The fraction of sp³-hybridized carbons (Fsp3) is 0.393. The Labute approximate surface area is 236 Å². The van der Waals surface area contributed by atoms with Crippen LogP contribution in [-0.4, -0.2) is 62.6 Å². The molecule has 0 aliphatic carbocycles. The van der Waals surface area contributed by atoms with Gasteiger partial charge in [0.1, 0.15) is 17.2 Å². The number of hydrogen-bond acceptors (Lipinski definition) is 8. The largest absolute Gasteiger partial charge is 0.444 e. The number of benzene rings is 1. The summed E-state index contributed by atoms with van der Waals surface area (Å²) in [5, 5.41) is 14.2. The van der Waals surface area contributed by atoms with Gasteiger partial charge in [0.2, 0.25) is 5.91 Å². The van der Waals surface area contributed by atoms with Gasteiger partial charge in [-0.15, -0.1) is 0 Å². The van der Waals surface area contributed by atoms with Crippen LogP contribution in [0.5, 0.6) is 0 Å². The maximum atomic E-state index is 12.4. The molecule has 0 radical (unpaired) electrons. The van der Waals surface area contributed by atoms with E-state index in [1.54, 1.807) is 33.8 Å². The first-order valence-electron chi connectivity index (χ1n) is 13.2. The molecule has 1 aromatic carbocycles. The molecule has 3 aromatic rings. The number of likely N-dealkylation sites (tertiary alicyclic amines) is 1. The molecule has 0 atom stereocenters. The van der Waals surface area contributed by atoms with Crippen LogP contribution in [0.2, 0.25) is 5.02 Å². The second kappa shape index (κ2) is 11.2. The summed E-state index contributed by atoms with van der Waals surface area (Å²) >= 11 is 6.17. The zero-order chi connectivity index (χ0) is 28.4. The summed E-state index contributed by atoms with van der Waals surface area (Å²) in [7, 11) is 0. The van der Waals surface area contributed by atoms with E-state index < -0.39 is 11.5 Å². The molecule has 3 N–H and O–H groups in total. The minimum absolute atomic E-state index is 0.0176. The number of carbonyl (C=O) groups excluding carboxylic acids is 3. The van der Waals surface area contributed by atoms with Crippen molar-refractivity contribution in [2.45, 2.75) is 45.6 Å². The van der Waals surface area contributed by atoms with E-state index in [0.29, 0.717) is 59.0 Å². The second-order valence-corrected chi connectivity index (χ2v) is 11.4. The maximum absolute atomic E-state index is 12.4. The number of fused-ring (bicyclic) bond motifs is 1. The lowest BCUT2D eigenvalue weighted by atomic mass is 9.97. The highest BCUT2D eigenvalue weighted by Crippen LogP contribution is 2.27. The predicted molar refractivity (Wildman–Crippen MR) is 152 cm³/mol. The molecule has 2 aliphatic rings. The fourth-order valence-electron chi connectivity index (χ4n) is 4.69. The number of nitrogens with zero attached hydrogens (tertiary/aromatic N) is 4. The van der Waals surface area contributed by atoms with E-state index in [1.807, 2.05) is 39.0 Å². The molecule has 0 saturated carbocycles. The molecule has 3 amide bonds. The summed E-state index contributed by atoms with van der Waals surface area (Å²) in [4.78, 5) is 42.8. The summed E-state index contributed by atoms with van der Waals surface area (Å²) in [6.45, 7) is 7.54. The van der Waals surface area contributed by atoms with Gasteiger partial charge in [-0.2, -0.15) is 9.61 Å². The Hall–Kier alpha value is -4.12. The molecule has 4 heterocycles. The Balaban J connectivity index is 1.36. The zero-order valence-electron chi connectivity index (χ0n) is 22.7. The molecule has 0 spiro atoms. The first-order chi connectivity index (χ1) is 19.0. The fourth-order valence-corrected chi connectivity index (χ4v) is 4.88. The Bertz CT molecular complexity index is 1490. The third-order valence-electron chi connectivity index (χ3n) is 6.66. The lowest BCUT2D eigenvalue weighted by Gasteiger charge is -2.33. The van der Waals surface area contributed by atoms with Crippen LogP contribution >= 0.6 is 11.6 Å². The molecule has 2 aliphatic heterocycles. The average molecular weight is 566 g/mol. The number of carbonyl (C=O) groups is 3. The molecule has 11 nitrogen and oxygen atoms in total. The molecule has 2 aromatic heterocycles. The summed E-state index contributed by atoms with van der Waals surface area (Å²) in [5.74, 6) is 0.874. The van der Waals surface area contributed by atoms with Crippen molar-refractivity contribution in [2.24, 2.45) is 5.92 Å². The van der Waals surface area contributed by atoms with Gasteiger partial charge in [-0.05, 0) is 63.8 Å². The van der Waals surface area contributed by atoms with Gasteiger partial charge in [0, 0.05) is 47.5 Å². The molecule has 5 rings (SSSR count). The number of hydrogen-bond donors (Lipinski definition) is 3. The molecule has 2 fully saturated rings. The van der Waals surface area contributed by atoms with Crippen molar-refractivity contribution in [3.05, 3.63) is 52.7 Å². The Morgan fingerprint density at radius 3 is 2.67 bits per heavy atom. The minimum Gasteiger partial charge on any atom is -0.444 e. The van der Waals surface area contributed by atoms with Gasteiger partial charge >= 0.3 is 6.09 Å². The SMILES string of the molecule is CC(C)(C)OC(=O)N1CCC(CNc2cc(Nc3cccc(Cl)c3)nc3c(/C=C4\CC(=O)NC4=O)cnn23)CC1. The van der Waals surface area contributed by atoms with E-state index in [4.69, 9.17) is 21.3 Å². The molecular weight excluding hydrogens is 534 g/mol. The number of halogens is 1. The third kappa shape index (κ3) is 6.53. The summed E-state index contributed by atoms with van der Waals surface area (Å²) in [5.41, 5.74) is 1.75. The molecule has 210 valence electrons. The quantitative estimate of drug-likeness (QED) is 0.292. The number of aromatic nitrogens is 3. The maximum Gasteiger partial charge on any atom is 0.410 e. The molecule has 0 bridgehead atoms. The highest BCUT2D eigenvalue weighted by Gasteiger charge is 2.27. The molecule has 12 heteroatoms. The van der Waals surface area contributed by atoms with Crippen molar-refractivity contribution in [1.29, 1.82) is 0 Å². The first kappa shape index (κ1) is 27.4. The van der Waals surface area contributed by atoms with Gasteiger partial charge in [0.15, 0.2) is 5.65 Å². The topological polar surface area (TPSA) is 130 Å². The number of nitrogens with one attached hydrogen (secondary N) is 3. The van der Waals surface area contributed by atoms with Crippen molar-refractivity contribution < 1.29 is 19.1 Å². The van der Waals surface area contributed by atoms with E-state index in [1.165, 1.54) is 0 Å². The van der Waals surface area contributed by atoms with Crippen LogP contribution in [0.3, 0.4) is 0 Å². The van der Waals surface area contributed by atoms with Crippen LogP contribution in [0.25, 0.3) is 11.7 Å². The van der Waals surface area contributed by atoms with E-state index in [0.717, 1.165) is 18.5 Å². The number of rotatable bonds is 6. The zero-order valence-corrected chi connectivity index (χ0v) is 23.4. The van der Waals surface area contributed by atoms with Gasteiger partial charge in [-0.1, -0.05) is 17.7 Å². The van der Waals surface area contributed by atoms with Crippen LogP contribution in [0, 0.1) is 5.92 Å². The summed E-state index contributed by atoms with van der Waals surface area (Å²) in [6, 6.07) is 9.18. The summed E-state index contributed by atoms with van der Waals surface area (Å²) in [6.07, 6.45) is 4.70. The minimum atomic E-state index is -0.519. The predicted octanol–water partition coefficient (Wildman–Crippen LogP) is 4.62. The lowest BCUT2D eigenvalue weighted by molar-refractivity contribution is -0.124. The van der Waals surface area contributed by atoms with Crippen molar-refractivity contribution in [3.8, 4) is 0 Å². The average Bonchev–Trinajstić information content (AvgIpc) is 3.43. The molecule has 2 saturated heterocycles. The normalized spacial score (nSPS) is 17.4. The molecular formula is C28H32ClN7O4. The van der Waals surface area contributed by atoms with Gasteiger partial charge in [0.05, 0.1) is 12.6 Å². The molecule has 40 heavy (non-hydrogen) atoms. The van der Waals surface area contributed by atoms with E-state index in [9.17, 15) is 14.4 Å². The second-order valence-electron chi connectivity index (χ2n) is 11.0. The van der Waals surface area contributed by atoms with E-state index in [-0.39, 0.29) is 18.4 Å². The smallest absolute Gasteiger partial charge is 0.410 e. The molecule has 0 unspecified atom stereocenters. The summed E-state index contributed by atoms with van der Waals surface area (Å²) < 4.78 is 7.19. The number of ether oxygens (including phenoxy) is 1. The van der Waals surface area contributed by atoms with Crippen molar-refractivity contribution in [3.63, 3.8) is 0 Å². The van der Waals surface area contributed by atoms with Crippen LogP contribution < -0.4 is 16.0 Å². The number of imide groups is 1. The Kier molecular flexibility index (Phi) is 7.66. The van der Waals surface area contributed by atoms with Crippen molar-refractivity contribution >= 4 is 58.6 Å². The van der Waals surface area contributed by atoms with Gasteiger partial charge in [0.25, 0.3) is 5.91 Å². The van der Waals surface area contributed by atoms with Gasteiger partial charge in [-0.3, -0.25) is 14.9 Å². The highest BCUT2D eigenvalue weighted by molar-refractivity contribution is 6.30. The third-order valence-corrected chi connectivity index (χ3v) is 6.89. The number of anilines is 3. The standard InChI is InChI=1S/C28H32ClN7O4/c1-28(2,3)40-27(39)35-9-7-17(8-10-35)15-30-23-14-22(32-21-6-4-5-20(29)13-21)33-25-19(16-31-36(23)25)11-18-12-24(37)34-26(18)38/h4-6,11,13-14,16-17,30H,7-10,12,15H2,1-3H3,(H,32,33)(H,34,37,38)/b18-11+.